The van der Waals surface area contributed by atoms with E-state index in [0.717, 1.165) is 25.7 Å². The van der Waals surface area contributed by atoms with E-state index in [2.05, 4.69) is 0 Å². The number of hydrogen-bond donors (Lipinski definition) is 0. The lowest BCUT2D eigenvalue weighted by Gasteiger charge is -2.30. The molecule has 112 valence electrons. The van der Waals surface area contributed by atoms with E-state index >= 15 is 0 Å². The molecule has 2 fully saturated rings. The molecule has 1 saturated carbocycles. The van der Waals surface area contributed by atoms with Crippen LogP contribution in [-0.2, 0) is 16.6 Å². The van der Waals surface area contributed by atoms with Gasteiger partial charge < -0.3 is 0 Å². The summed E-state index contributed by atoms with van der Waals surface area (Å²) in [5.74, 6) is 0.228. The summed E-state index contributed by atoms with van der Waals surface area (Å²) in [6.07, 6.45) is 8.98. The van der Waals surface area contributed by atoms with Gasteiger partial charge in [-0.1, -0.05) is 0 Å². The largest absolute Gasteiger partial charge is 0.328 e. The van der Waals surface area contributed by atoms with Gasteiger partial charge in [0.2, 0.25) is 10.0 Å². The minimum atomic E-state index is -3.12. The third kappa shape index (κ3) is 2.83. The van der Waals surface area contributed by atoms with Crippen LogP contribution in [-0.4, -0.2) is 41.2 Å². The molecule has 1 atom stereocenters. The van der Waals surface area contributed by atoms with Gasteiger partial charge in [0.1, 0.15) is 0 Å². The molecule has 0 radical (unpaired) electrons. The van der Waals surface area contributed by atoms with Crippen LogP contribution in [0.4, 0.5) is 0 Å². The molecule has 0 aromatic carbocycles. The first-order valence-electron chi connectivity index (χ1n) is 7.17. The van der Waals surface area contributed by atoms with Gasteiger partial charge in [0.05, 0.1) is 6.26 Å². The predicted molar refractivity (Wildman–Crippen MR) is 76.1 cm³/mol. The Morgan fingerprint density at radius 3 is 2.65 bits per heavy atom. The minimum absolute atomic E-state index is 0.0454. The second-order valence-electron chi connectivity index (χ2n) is 6.00. The summed E-state index contributed by atoms with van der Waals surface area (Å²) < 4.78 is 28.3. The maximum atomic E-state index is 12.2. The molecule has 0 spiro atoms. The van der Waals surface area contributed by atoms with Gasteiger partial charge in [0.15, 0.2) is 0 Å². The molecule has 20 heavy (non-hydrogen) atoms. The van der Waals surface area contributed by atoms with Crippen molar-refractivity contribution >= 4 is 10.0 Å². The minimum Gasteiger partial charge on any atom is -0.299 e. The number of sulfonamides is 1. The predicted octanol–water partition coefficient (Wildman–Crippen LogP) is 0.656. The van der Waals surface area contributed by atoms with Crippen molar-refractivity contribution in [1.82, 2.24) is 13.4 Å². The van der Waals surface area contributed by atoms with Crippen LogP contribution in [0.15, 0.2) is 17.2 Å². The van der Waals surface area contributed by atoms with Crippen LogP contribution in [0.2, 0.25) is 0 Å². The third-order valence-corrected chi connectivity index (χ3v) is 5.49. The van der Waals surface area contributed by atoms with Crippen molar-refractivity contribution in [1.29, 1.82) is 0 Å². The molecule has 6 nitrogen and oxygen atoms in total. The first-order valence-corrected chi connectivity index (χ1v) is 9.02. The zero-order chi connectivity index (χ0) is 14.3. The van der Waals surface area contributed by atoms with Gasteiger partial charge in [0.25, 0.3) is 0 Å². The number of hydrogen-bond acceptors (Lipinski definition) is 3. The number of imidazole rings is 1. The van der Waals surface area contributed by atoms with Crippen molar-refractivity contribution in [3.05, 3.63) is 22.9 Å². The fourth-order valence-corrected chi connectivity index (χ4v) is 3.90. The van der Waals surface area contributed by atoms with Gasteiger partial charge in [-0.05, 0) is 31.6 Å². The van der Waals surface area contributed by atoms with Crippen molar-refractivity contribution in [2.75, 3.05) is 19.3 Å². The van der Waals surface area contributed by atoms with Crippen molar-refractivity contribution in [2.45, 2.75) is 38.3 Å². The summed E-state index contributed by atoms with van der Waals surface area (Å²) in [7, 11) is -3.12. The molecule has 3 rings (SSSR count). The van der Waals surface area contributed by atoms with Crippen molar-refractivity contribution in [2.24, 2.45) is 5.92 Å². The van der Waals surface area contributed by atoms with Gasteiger partial charge in [-0.15, -0.1) is 0 Å². The van der Waals surface area contributed by atoms with Gasteiger partial charge in [0, 0.05) is 38.1 Å². The number of rotatable bonds is 4. The van der Waals surface area contributed by atoms with Crippen LogP contribution in [0.1, 0.15) is 31.7 Å². The topological polar surface area (TPSA) is 64.3 Å². The van der Waals surface area contributed by atoms with E-state index in [9.17, 15) is 13.2 Å². The van der Waals surface area contributed by atoms with Gasteiger partial charge in [-0.3, -0.25) is 9.13 Å². The molecule has 0 bridgehead atoms. The number of nitrogens with zero attached hydrogens (tertiary/aromatic N) is 3. The van der Waals surface area contributed by atoms with Crippen molar-refractivity contribution < 1.29 is 8.42 Å². The zero-order valence-corrected chi connectivity index (χ0v) is 12.6. The lowest BCUT2D eigenvalue weighted by atomic mass is 10.00. The average Bonchev–Trinajstić information content (AvgIpc) is 3.16. The fourth-order valence-electron chi connectivity index (χ4n) is 2.95. The third-order valence-electron chi connectivity index (χ3n) is 4.22. The first kappa shape index (κ1) is 13.9. The van der Waals surface area contributed by atoms with Crippen LogP contribution >= 0.6 is 0 Å². The maximum absolute atomic E-state index is 12.2. The second kappa shape index (κ2) is 5.04. The Bertz CT molecular complexity index is 642. The zero-order valence-electron chi connectivity index (χ0n) is 11.7. The lowest BCUT2D eigenvalue weighted by molar-refractivity contribution is 0.244. The molecule has 1 aromatic rings. The van der Waals surface area contributed by atoms with E-state index < -0.39 is 10.0 Å². The summed E-state index contributed by atoms with van der Waals surface area (Å²) in [5.41, 5.74) is 0.0454. The highest BCUT2D eigenvalue weighted by Crippen LogP contribution is 2.33. The normalized spacial score (nSPS) is 24.9. The molecule has 0 N–H and O–H groups in total. The van der Waals surface area contributed by atoms with Crippen molar-refractivity contribution in [3.8, 4) is 0 Å². The molecule has 1 aliphatic heterocycles. The molecule has 1 aromatic heterocycles. The molecular weight excluding hydrogens is 278 g/mol. The van der Waals surface area contributed by atoms with Gasteiger partial charge in [-0.25, -0.2) is 17.5 Å². The Morgan fingerprint density at radius 2 is 2.00 bits per heavy atom. The van der Waals surface area contributed by atoms with E-state index in [1.54, 1.807) is 9.13 Å². The summed E-state index contributed by atoms with van der Waals surface area (Å²) in [5, 5.41) is 0. The van der Waals surface area contributed by atoms with Gasteiger partial charge in [-0.2, -0.15) is 0 Å². The smallest absolute Gasteiger partial charge is 0.299 e. The molecule has 1 unspecified atom stereocenters. The van der Waals surface area contributed by atoms with Crippen LogP contribution in [0.5, 0.6) is 0 Å². The van der Waals surface area contributed by atoms with Crippen LogP contribution in [0.25, 0.3) is 0 Å². The number of aromatic nitrogens is 2. The van der Waals surface area contributed by atoms with E-state index in [0.29, 0.717) is 25.7 Å². The highest BCUT2D eigenvalue weighted by Gasteiger charge is 2.28. The summed E-state index contributed by atoms with van der Waals surface area (Å²) in [6, 6.07) is 0.391. The standard InChI is InChI=1S/C13H21N3O3S/c1-20(18,19)15-6-2-3-11(10-15)9-14-7-8-16(13(14)17)12-4-5-12/h7-8,11-12H,2-6,9-10H2,1H3. The van der Waals surface area contributed by atoms with Crippen LogP contribution < -0.4 is 5.69 Å². The Morgan fingerprint density at radius 1 is 1.25 bits per heavy atom. The Balaban J connectivity index is 1.70. The Labute approximate surface area is 119 Å². The summed E-state index contributed by atoms with van der Waals surface area (Å²) in [6.45, 7) is 1.75. The SMILES string of the molecule is CS(=O)(=O)N1CCCC(Cn2ccn(C3CC3)c2=O)C1. The highest BCUT2D eigenvalue weighted by molar-refractivity contribution is 7.88. The summed E-state index contributed by atoms with van der Waals surface area (Å²) >= 11 is 0. The Kier molecular flexibility index (Phi) is 3.50. The molecule has 7 heteroatoms. The van der Waals surface area contributed by atoms with E-state index in [1.807, 2.05) is 12.4 Å². The Hall–Kier alpha value is -1.08. The fraction of sp³-hybridized carbons (Fsp3) is 0.769. The van der Waals surface area contributed by atoms with E-state index in [1.165, 1.54) is 10.6 Å². The second-order valence-corrected chi connectivity index (χ2v) is 7.98. The molecule has 1 saturated heterocycles. The van der Waals surface area contributed by atoms with Crippen LogP contribution in [0.3, 0.4) is 0 Å². The van der Waals surface area contributed by atoms with Crippen molar-refractivity contribution in [3.63, 3.8) is 0 Å². The highest BCUT2D eigenvalue weighted by atomic mass is 32.2. The quantitative estimate of drug-likeness (QED) is 0.820. The monoisotopic (exact) mass is 299 g/mol. The molecule has 0 amide bonds. The van der Waals surface area contributed by atoms with E-state index in [4.69, 9.17) is 0 Å². The molecule has 2 heterocycles. The molecule has 1 aliphatic carbocycles. The number of piperidine rings is 1. The first-order chi connectivity index (χ1) is 9.45. The van der Waals surface area contributed by atoms with E-state index in [-0.39, 0.29) is 11.6 Å². The van der Waals surface area contributed by atoms with Crippen LogP contribution in [0, 0.1) is 5.92 Å². The molecule has 2 aliphatic rings. The van der Waals surface area contributed by atoms with Gasteiger partial charge >= 0.3 is 5.69 Å². The summed E-state index contributed by atoms with van der Waals surface area (Å²) in [4.78, 5) is 12.2. The molecular formula is C13H21N3O3S. The lowest BCUT2D eigenvalue weighted by Crippen LogP contribution is -2.41. The maximum Gasteiger partial charge on any atom is 0.328 e. The average molecular weight is 299 g/mol.